The first-order valence-electron chi connectivity index (χ1n) is 11.6. The Morgan fingerprint density at radius 2 is 2.40 bits per heavy atom. The average molecular weight is 351 g/mol. The Morgan fingerprint density at radius 3 is 3.12 bits per heavy atom. The van der Waals surface area contributed by atoms with E-state index in [1.165, 1.54) is 0 Å². The zero-order valence-electron chi connectivity index (χ0n) is 20.0. The summed E-state index contributed by atoms with van der Waals surface area (Å²) in [6.07, 6.45) is 1.97. The van der Waals surface area contributed by atoms with E-state index in [9.17, 15) is 10.2 Å². The molecule has 0 spiro atoms. The van der Waals surface area contributed by atoms with E-state index in [-0.39, 0.29) is 30.4 Å². The van der Waals surface area contributed by atoms with Crippen molar-refractivity contribution in [3.63, 3.8) is 0 Å². The summed E-state index contributed by atoms with van der Waals surface area (Å²) in [4.78, 5) is 2.39. The van der Waals surface area contributed by atoms with Gasteiger partial charge in [-0.2, -0.15) is 0 Å². The van der Waals surface area contributed by atoms with Gasteiger partial charge in [0.05, 0.1) is 19.6 Å². The number of hydrogen-bond acceptors (Lipinski definition) is 4. The minimum Gasteiger partial charge on any atom is -0.489 e. The molecule has 2 heterocycles. The summed E-state index contributed by atoms with van der Waals surface area (Å²) < 4.78 is 43.2. The highest BCUT2D eigenvalue weighted by Gasteiger charge is 2.38. The van der Waals surface area contributed by atoms with Crippen molar-refractivity contribution in [3.8, 4) is 5.75 Å². The lowest BCUT2D eigenvalue weighted by atomic mass is 9.79. The Labute approximate surface area is 158 Å². The largest absolute Gasteiger partial charge is 0.489 e. The number of ether oxygens (including phenoxy) is 1. The summed E-state index contributed by atoms with van der Waals surface area (Å²) in [5.41, 5.74) is 2.38. The number of hydrogen-bond donors (Lipinski definition) is 2. The highest BCUT2D eigenvalue weighted by atomic mass is 16.5. The number of aliphatic hydroxyl groups is 2. The molecule has 1 aromatic carbocycles. The van der Waals surface area contributed by atoms with Gasteiger partial charge in [-0.1, -0.05) is 26.4 Å². The summed E-state index contributed by atoms with van der Waals surface area (Å²) in [5.74, 6) is 0.897. The first kappa shape index (κ1) is 12.9. The van der Waals surface area contributed by atoms with E-state index in [2.05, 4.69) is 18.7 Å². The summed E-state index contributed by atoms with van der Waals surface area (Å²) in [7, 11) is 0. The number of aliphatic hydroxyl groups excluding tert-OH is 2. The van der Waals surface area contributed by atoms with Gasteiger partial charge >= 0.3 is 0 Å². The molecule has 4 nitrogen and oxygen atoms in total. The average Bonchev–Trinajstić information content (AvgIpc) is 2.66. The molecule has 2 aliphatic rings. The van der Waals surface area contributed by atoms with Gasteiger partial charge in [-0.25, -0.2) is 0 Å². The fourth-order valence-corrected chi connectivity index (χ4v) is 4.30. The van der Waals surface area contributed by atoms with Crippen LogP contribution in [0.15, 0.2) is 24.7 Å². The Balaban J connectivity index is 1.89. The van der Waals surface area contributed by atoms with Crippen LogP contribution in [0, 0.1) is 11.8 Å². The van der Waals surface area contributed by atoms with E-state index in [1.54, 1.807) is 6.07 Å². The van der Waals surface area contributed by atoms with Crippen LogP contribution in [-0.2, 0) is 13.0 Å². The van der Waals surface area contributed by atoms with E-state index < -0.39 is 19.1 Å². The Hall–Kier alpha value is -1.36. The Morgan fingerprint density at radius 1 is 1.56 bits per heavy atom. The van der Waals surface area contributed by atoms with Crippen LogP contribution >= 0.6 is 0 Å². The SMILES string of the molecule is [2H]C([2H])=C([2H])C([2H])([2H])Oc1cc2c(cc1CO)[C@H]1C[C@@H](O)[C@H](CC(C)C)CN1CC2. The molecule has 3 rings (SSSR count). The molecule has 0 saturated carbocycles. The van der Waals surface area contributed by atoms with Gasteiger partial charge in [0.2, 0.25) is 0 Å². The van der Waals surface area contributed by atoms with Crippen LogP contribution in [0.1, 0.15) is 56.3 Å². The van der Waals surface area contributed by atoms with Gasteiger partial charge < -0.3 is 14.9 Å². The van der Waals surface area contributed by atoms with Gasteiger partial charge in [0.25, 0.3) is 0 Å². The highest BCUT2D eigenvalue weighted by molar-refractivity contribution is 5.45. The minimum absolute atomic E-state index is 0.0444. The summed E-state index contributed by atoms with van der Waals surface area (Å²) >= 11 is 0. The summed E-state index contributed by atoms with van der Waals surface area (Å²) in [5, 5.41) is 20.6. The standard InChI is InChI=1S/C21H31NO3/c1-4-7-25-21-10-15-5-6-22-12-16(8-14(2)3)20(24)11-19(22)18(15)9-17(21)13-23/h4,9-10,14,16,19-20,23-24H,1,5-8,11-13H2,2-3H3/t16-,19-,20-/m1/s1/i1D2,4D,7D2. The lowest BCUT2D eigenvalue weighted by Crippen LogP contribution is -2.48. The maximum Gasteiger partial charge on any atom is 0.125 e. The van der Waals surface area contributed by atoms with E-state index in [0.717, 1.165) is 37.1 Å². The molecule has 3 atom stereocenters. The first-order chi connectivity index (χ1) is 14.0. The molecule has 0 bridgehead atoms. The third kappa shape index (κ3) is 3.91. The van der Waals surface area contributed by atoms with Crippen LogP contribution in [0.4, 0.5) is 0 Å². The molecule has 0 unspecified atom stereocenters. The number of nitrogens with zero attached hydrogens (tertiary/aromatic N) is 1. The predicted octanol–water partition coefficient (Wildman–Crippen LogP) is 3.07. The van der Waals surface area contributed by atoms with Gasteiger partial charge in [0, 0.05) is 24.7 Å². The van der Waals surface area contributed by atoms with Gasteiger partial charge in [0.15, 0.2) is 0 Å². The van der Waals surface area contributed by atoms with Crippen molar-refractivity contribution in [2.75, 3.05) is 19.6 Å². The molecule has 0 aromatic heterocycles. The molecule has 1 fully saturated rings. The predicted molar refractivity (Wildman–Crippen MR) is 99.6 cm³/mol. The molecular weight excluding hydrogens is 314 g/mol. The maximum atomic E-state index is 10.7. The van der Waals surface area contributed by atoms with Crippen LogP contribution in [0.5, 0.6) is 5.75 Å². The number of rotatable bonds is 6. The first-order valence-corrected chi connectivity index (χ1v) is 9.05. The third-order valence-electron chi connectivity index (χ3n) is 5.42. The van der Waals surface area contributed by atoms with Crippen molar-refractivity contribution in [1.82, 2.24) is 4.90 Å². The van der Waals surface area contributed by atoms with Gasteiger partial charge in [-0.15, -0.1) is 0 Å². The molecule has 25 heavy (non-hydrogen) atoms. The lowest BCUT2D eigenvalue weighted by Gasteiger charge is -2.46. The van der Waals surface area contributed by atoms with Crippen molar-refractivity contribution in [1.29, 1.82) is 0 Å². The van der Waals surface area contributed by atoms with Gasteiger partial charge in [0.1, 0.15) is 12.3 Å². The molecule has 0 aliphatic carbocycles. The van der Waals surface area contributed by atoms with Crippen LogP contribution < -0.4 is 4.74 Å². The molecule has 1 aromatic rings. The molecule has 138 valence electrons. The van der Waals surface area contributed by atoms with Crippen molar-refractivity contribution < 1.29 is 21.8 Å². The van der Waals surface area contributed by atoms with Crippen molar-refractivity contribution in [3.05, 3.63) is 41.4 Å². The van der Waals surface area contributed by atoms with E-state index >= 15 is 0 Å². The smallest absolute Gasteiger partial charge is 0.125 e. The van der Waals surface area contributed by atoms with E-state index in [4.69, 9.17) is 11.6 Å². The van der Waals surface area contributed by atoms with E-state index in [1.807, 2.05) is 6.07 Å². The van der Waals surface area contributed by atoms with E-state index in [0.29, 0.717) is 17.9 Å². The molecule has 0 radical (unpaired) electrons. The fraction of sp³-hybridized carbons (Fsp3) is 0.619. The topological polar surface area (TPSA) is 52.9 Å². The van der Waals surface area contributed by atoms with Crippen LogP contribution in [0.25, 0.3) is 0 Å². The normalized spacial score (nSPS) is 29.5. The molecule has 1 saturated heterocycles. The molecule has 2 aliphatic heterocycles. The minimum atomic E-state index is -2.64. The molecule has 2 N–H and O–H groups in total. The van der Waals surface area contributed by atoms with Crippen molar-refractivity contribution in [2.24, 2.45) is 11.8 Å². The Bertz CT molecular complexity index is 810. The van der Waals surface area contributed by atoms with Crippen LogP contribution in [0.3, 0.4) is 0 Å². The second kappa shape index (κ2) is 7.90. The highest BCUT2D eigenvalue weighted by Crippen LogP contribution is 2.41. The van der Waals surface area contributed by atoms with Gasteiger partial charge in [-0.3, -0.25) is 4.90 Å². The molecule has 0 amide bonds. The molecule has 4 heteroatoms. The second-order valence-corrected chi connectivity index (χ2v) is 7.60. The lowest BCUT2D eigenvalue weighted by molar-refractivity contribution is -0.0191. The maximum absolute atomic E-state index is 10.7. The molecular formula is C21H31NO3. The third-order valence-corrected chi connectivity index (χ3v) is 5.42. The van der Waals surface area contributed by atoms with Crippen molar-refractivity contribution >= 4 is 0 Å². The second-order valence-electron chi connectivity index (χ2n) is 7.60. The van der Waals surface area contributed by atoms with Crippen molar-refractivity contribution in [2.45, 2.75) is 51.9 Å². The van der Waals surface area contributed by atoms with Crippen LogP contribution in [0.2, 0.25) is 0 Å². The zero-order chi connectivity index (χ0) is 22.2. The number of piperidine rings is 1. The summed E-state index contributed by atoms with van der Waals surface area (Å²) in [6.45, 7) is 2.04. The Kier molecular flexibility index (Phi) is 4.08. The quantitative estimate of drug-likeness (QED) is 0.774. The summed E-state index contributed by atoms with van der Waals surface area (Å²) in [6, 6.07) is 2.68. The number of fused-ring (bicyclic) bond motifs is 3. The fourth-order valence-electron chi connectivity index (χ4n) is 4.30. The monoisotopic (exact) mass is 350 g/mol. The van der Waals surface area contributed by atoms with Gasteiger partial charge in [-0.05, 0) is 54.4 Å². The van der Waals surface area contributed by atoms with Crippen LogP contribution in [-0.4, -0.2) is 40.9 Å². The number of benzene rings is 1. The zero-order valence-corrected chi connectivity index (χ0v) is 15.0.